The SMILES string of the molecule is CCc1ccc(O)c([C@H](C)N)c1. The molecule has 0 aliphatic rings. The highest BCUT2D eigenvalue weighted by Gasteiger charge is 2.05. The fourth-order valence-corrected chi connectivity index (χ4v) is 1.19. The van der Waals surface area contributed by atoms with E-state index in [4.69, 9.17) is 5.73 Å². The van der Waals surface area contributed by atoms with Crippen LogP contribution in [-0.4, -0.2) is 5.11 Å². The van der Waals surface area contributed by atoms with Crippen molar-refractivity contribution in [1.82, 2.24) is 0 Å². The maximum atomic E-state index is 9.42. The van der Waals surface area contributed by atoms with Gasteiger partial charge in [-0.05, 0) is 25.0 Å². The van der Waals surface area contributed by atoms with Gasteiger partial charge in [-0.2, -0.15) is 0 Å². The predicted octanol–water partition coefficient (Wildman–Crippen LogP) is 1.97. The molecule has 0 spiro atoms. The molecule has 0 aliphatic carbocycles. The van der Waals surface area contributed by atoms with Crippen LogP contribution in [0.4, 0.5) is 0 Å². The van der Waals surface area contributed by atoms with E-state index < -0.39 is 0 Å². The lowest BCUT2D eigenvalue weighted by molar-refractivity contribution is 0.463. The van der Waals surface area contributed by atoms with E-state index in [0.29, 0.717) is 5.75 Å². The highest BCUT2D eigenvalue weighted by Crippen LogP contribution is 2.23. The van der Waals surface area contributed by atoms with E-state index in [1.165, 1.54) is 5.56 Å². The first kappa shape index (κ1) is 9.07. The van der Waals surface area contributed by atoms with E-state index in [9.17, 15) is 5.11 Å². The predicted molar refractivity (Wildman–Crippen MR) is 50.1 cm³/mol. The van der Waals surface area contributed by atoms with Crippen molar-refractivity contribution < 1.29 is 5.11 Å². The van der Waals surface area contributed by atoms with Gasteiger partial charge < -0.3 is 10.8 Å². The summed E-state index contributed by atoms with van der Waals surface area (Å²) in [6.07, 6.45) is 0.972. The molecular weight excluding hydrogens is 150 g/mol. The molecule has 3 N–H and O–H groups in total. The van der Waals surface area contributed by atoms with Crippen LogP contribution in [0.1, 0.15) is 31.0 Å². The Bertz CT molecular complexity index is 269. The Morgan fingerprint density at radius 2 is 2.17 bits per heavy atom. The summed E-state index contributed by atoms with van der Waals surface area (Å²) in [5.74, 6) is 0.294. The molecule has 1 rings (SSSR count). The molecule has 1 aromatic carbocycles. The molecule has 1 aromatic rings. The third-order valence-electron chi connectivity index (χ3n) is 1.99. The van der Waals surface area contributed by atoms with E-state index >= 15 is 0 Å². The monoisotopic (exact) mass is 165 g/mol. The van der Waals surface area contributed by atoms with E-state index in [-0.39, 0.29) is 6.04 Å². The molecular formula is C10H15NO. The highest BCUT2D eigenvalue weighted by atomic mass is 16.3. The Morgan fingerprint density at radius 3 is 2.67 bits per heavy atom. The third-order valence-corrected chi connectivity index (χ3v) is 1.99. The smallest absolute Gasteiger partial charge is 0.120 e. The summed E-state index contributed by atoms with van der Waals surface area (Å²) in [7, 11) is 0. The number of nitrogens with two attached hydrogens (primary N) is 1. The lowest BCUT2D eigenvalue weighted by atomic mass is 10.0. The van der Waals surface area contributed by atoms with Crippen molar-refractivity contribution in [3.63, 3.8) is 0 Å². The Labute approximate surface area is 73.0 Å². The third kappa shape index (κ3) is 1.77. The van der Waals surface area contributed by atoms with Crippen LogP contribution in [0.15, 0.2) is 18.2 Å². The maximum absolute atomic E-state index is 9.42. The Balaban J connectivity index is 3.08. The number of aryl methyl sites for hydroxylation is 1. The Hall–Kier alpha value is -1.02. The number of aromatic hydroxyl groups is 1. The fourth-order valence-electron chi connectivity index (χ4n) is 1.19. The standard InChI is InChI=1S/C10H15NO/c1-3-8-4-5-10(12)9(6-8)7(2)11/h4-7,12H,3,11H2,1-2H3/t7-/m0/s1. The number of hydrogen-bond donors (Lipinski definition) is 2. The van der Waals surface area contributed by atoms with Crippen molar-refractivity contribution in [2.24, 2.45) is 5.73 Å². The van der Waals surface area contributed by atoms with Crippen molar-refractivity contribution in [3.8, 4) is 5.75 Å². The van der Waals surface area contributed by atoms with Crippen LogP contribution in [0.2, 0.25) is 0 Å². The minimum atomic E-state index is -0.100. The van der Waals surface area contributed by atoms with Gasteiger partial charge in [0, 0.05) is 11.6 Å². The van der Waals surface area contributed by atoms with Gasteiger partial charge in [-0.3, -0.25) is 0 Å². The Kier molecular flexibility index (Phi) is 2.71. The minimum absolute atomic E-state index is 0.100. The minimum Gasteiger partial charge on any atom is -0.508 e. The molecule has 0 unspecified atom stereocenters. The van der Waals surface area contributed by atoms with Crippen molar-refractivity contribution in [2.75, 3.05) is 0 Å². The van der Waals surface area contributed by atoms with Crippen LogP contribution >= 0.6 is 0 Å². The second-order valence-corrected chi connectivity index (χ2v) is 3.04. The molecule has 12 heavy (non-hydrogen) atoms. The molecule has 0 aromatic heterocycles. The largest absolute Gasteiger partial charge is 0.508 e. The zero-order valence-electron chi connectivity index (χ0n) is 7.54. The second kappa shape index (κ2) is 3.59. The zero-order valence-corrected chi connectivity index (χ0v) is 7.54. The normalized spacial score (nSPS) is 12.9. The molecule has 1 atom stereocenters. The lowest BCUT2D eigenvalue weighted by Gasteiger charge is -2.09. The molecule has 0 bridgehead atoms. The number of hydrogen-bond acceptors (Lipinski definition) is 2. The summed E-state index contributed by atoms with van der Waals surface area (Å²) in [5.41, 5.74) is 7.71. The molecule has 0 fully saturated rings. The van der Waals surface area contributed by atoms with E-state index in [1.54, 1.807) is 6.07 Å². The van der Waals surface area contributed by atoms with Gasteiger partial charge in [0.2, 0.25) is 0 Å². The summed E-state index contributed by atoms with van der Waals surface area (Å²) >= 11 is 0. The summed E-state index contributed by atoms with van der Waals surface area (Å²) in [4.78, 5) is 0. The van der Waals surface area contributed by atoms with Crippen LogP contribution in [0.25, 0.3) is 0 Å². The van der Waals surface area contributed by atoms with E-state index in [1.807, 2.05) is 19.1 Å². The van der Waals surface area contributed by atoms with Crippen molar-refractivity contribution in [2.45, 2.75) is 26.3 Å². The van der Waals surface area contributed by atoms with Crippen molar-refractivity contribution in [1.29, 1.82) is 0 Å². The van der Waals surface area contributed by atoms with Crippen LogP contribution < -0.4 is 5.73 Å². The topological polar surface area (TPSA) is 46.2 Å². The van der Waals surface area contributed by atoms with Gasteiger partial charge >= 0.3 is 0 Å². The van der Waals surface area contributed by atoms with Crippen molar-refractivity contribution in [3.05, 3.63) is 29.3 Å². The van der Waals surface area contributed by atoms with Crippen molar-refractivity contribution >= 4 is 0 Å². The maximum Gasteiger partial charge on any atom is 0.120 e. The summed E-state index contributed by atoms with van der Waals surface area (Å²) in [6.45, 7) is 3.95. The summed E-state index contributed by atoms with van der Waals surface area (Å²) in [6, 6.07) is 5.48. The molecule has 0 amide bonds. The highest BCUT2D eigenvalue weighted by molar-refractivity contribution is 5.37. The van der Waals surface area contributed by atoms with Crippen LogP contribution in [-0.2, 0) is 6.42 Å². The molecule has 0 radical (unpaired) electrons. The molecule has 66 valence electrons. The average molecular weight is 165 g/mol. The van der Waals surface area contributed by atoms with Gasteiger partial charge in [0.25, 0.3) is 0 Å². The number of benzene rings is 1. The molecule has 2 heteroatoms. The van der Waals surface area contributed by atoms with Gasteiger partial charge in [0.15, 0.2) is 0 Å². The zero-order chi connectivity index (χ0) is 9.14. The number of phenolic OH excluding ortho intramolecular Hbond substituents is 1. The molecule has 0 saturated carbocycles. The van der Waals surface area contributed by atoms with E-state index in [0.717, 1.165) is 12.0 Å². The van der Waals surface area contributed by atoms with Crippen LogP contribution in [0, 0.1) is 0 Å². The molecule has 0 aliphatic heterocycles. The lowest BCUT2D eigenvalue weighted by Crippen LogP contribution is -2.05. The first-order valence-corrected chi connectivity index (χ1v) is 4.22. The molecule has 0 heterocycles. The number of phenols is 1. The quantitative estimate of drug-likeness (QED) is 0.703. The summed E-state index contributed by atoms with van der Waals surface area (Å²) in [5, 5.41) is 9.42. The fraction of sp³-hybridized carbons (Fsp3) is 0.400. The van der Waals surface area contributed by atoms with Gasteiger partial charge in [0.1, 0.15) is 5.75 Å². The first-order chi connectivity index (χ1) is 5.65. The summed E-state index contributed by atoms with van der Waals surface area (Å²) < 4.78 is 0. The average Bonchev–Trinajstić information content (AvgIpc) is 2.05. The van der Waals surface area contributed by atoms with Gasteiger partial charge in [-0.15, -0.1) is 0 Å². The van der Waals surface area contributed by atoms with Gasteiger partial charge in [-0.25, -0.2) is 0 Å². The Morgan fingerprint density at radius 1 is 1.50 bits per heavy atom. The second-order valence-electron chi connectivity index (χ2n) is 3.04. The van der Waals surface area contributed by atoms with Crippen LogP contribution in [0.5, 0.6) is 5.75 Å². The van der Waals surface area contributed by atoms with Gasteiger partial charge in [-0.1, -0.05) is 19.1 Å². The van der Waals surface area contributed by atoms with Crippen LogP contribution in [0.3, 0.4) is 0 Å². The first-order valence-electron chi connectivity index (χ1n) is 4.22. The molecule has 2 nitrogen and oxygen atoms in total. The van der Waals surface area contributed by atoms with E-state index in [2.05, 4.69) is 6.92 Å². The number of rotatable bonds is 2. The molecule has 0 saturated heterocycles. The van der Waals surface area contributed by atoms with Gasteiger partial charge in [0.05, 0.1) is 0 Å².